The minimum Gasteiger partial charge on any atom is -0.495 e. The van der Waals surface area contributed by atoms with Crippen molar-refractivity contribution in [2.24, 2.45) is 0 Å². The zero-order valence-corrected chi connectivity index (χ0v) is 14.4. The van der Waals surface area contributed by atoms with E-state index in [1.54, 1.807) is 12.1 Å². The van der Waals surface area contributed by atoms with Gasteiger partial charge >= 0.3 is 0 Å². The monoisotopic (exact) mass is 390 g/mol. The van der Waals surface area contributed by atoms with Crippen LogP contribution < -0.4 is 9.46 Å². The van der Waals surface area contributed by atoms with Gasteiger partial charge in [-0.2, -0.15) is 0 Å². The second-order valence-corrected chi connectivity index (χ2v) is 7.15. The second-order valence-electron chi connectivity index (χ2n) is 4.25. The molecule has 0 aliphatic heterocycles. The normalized spacial score (nSPS) is 11.2. The number of ether oxygens (including phenoxy) is 1. The average molecular weight is 392 g/mol. The van der Waals surface area contributed by atoms with Gasteiger partial charge in [0.2, 0.25) is 0 Å². The number of nitrogens with zero attached hydrogens (tertiary/aromatic N) is 1. The highest BCUT2D eigenvalue weighted by Gasteiger charge is 2.18. The molecule has 2 aromatic rings. The van der Waals surface area contributed by atoms with Gasteiger partial charge in [0.25, 0.3) is 10.0 Å². The Morgan fingerprint density at radius 1 is 1.33 bits per heavy atom. The van der Waals surface area contributed by atoms with Crippen LogP contribution in [0, 0.1) is 6.92 Å². The molecule has 2 rings (SSSR count). The van der Waals surface area contributed by atoms with Crippen LogP contribution >= 0.6 is 27.5 Å². The molecule has 0 amide bonds. The average Bonchev–Trinajstić information content (AvgIpc) is 2.41. The fourth-order valence-corrected chi connectivity index (χ4v) is 3.29. The number of sulfonamides is 1. The summed E-state index contributed by atoms with van der Waals surface area (Å²) in [5, 5.41) is 0.196. The number of anilines is 1. The number of aryl methyl sites for hydroxylation is 1. The minimum atomic E-state index is -3.78. The first kappa shape index (κ1) is 16.1. The van der Waals surface area contributed by atoms with E-state index in [0.717, 1.165) is 5.56 Å². The number of aromatic nitrogens is 1. The van der Waals surface area contributed by atoms with E-state index < -0.39 is 10.0 Å². The fraction of sp³-hybridized carbons (Fsp3) is 0.154. The smallest absolute Gasteiger partial charge is 0.263 e. The Bertz CT molecular complexity index is 781. The highest BCUT2D eigenvalue weighted by atomic mass is 79.9. The minimum absolute atomic E-state index is 0.00216. The van der Waals surface area contributed by atoms with Crippen molar-refractivity contribution in [2.75, 3.05) is 11.8 Å². The summed E-state index contributed by atoms with van der Waals surface area (Å²) in [6, 6.07) is 6.61. The van der Waals surface area contributed by atoms with Crippen molar-refractivity contribution in [3.8, 4) is 5.75 Å². The highest BCUT2D eigenvalue weighted by molar-refractivity contribution is 9.10. The van der Waals surface area contributed by atoms with Crippen LogP contribution in [-0.2, 0) is 10.0 Å². The van der Waals surface area contributed by atoms with Crippen molar-refractivity contribution >= 4 is 43.2 Å². The molecule has 1 N–H and O–H groups in total. The fourth-order valence-electron chi connectivity index (χ4n) is 1.66. The Kier molecular flexibility index (Phi) is 4.75. The summed E-state index contributed by atoms with van der Waals surface area (Å²) in [5.74, 6) is 0.435. The molecule has 0 fully saturated rings. The molecular formula is C13H12BrClN2O3S. The Labute approximate surface area is 136 Å². The van der Waals surface area contributed by atoms with Crippen LogP contribution in [0.2, 0.25) is 5.15 Å². The van der Waals surface area contributed by atoms with Gasteiger partial charge in [-0.25, -0.2) is 13.4 Å². The van der Waals surface area contributed by atoms with Crippen molar-refractivity contribution in [3.05, 3.63) is 45.7 Å². The largest absolute Gasteiger partial charge is 0.495 e. The first-order chi connectivity index (χ1) is 9.83. The van der Waals surface area contributed by atoms with Crippen molar-refractivity contribution < 1.29 is 13.2 Å². The lowest BCUT2D eigenvalue weighted by Crippen LogP contribution is -2.14. The third-order valence-corrected chi connectivity index (χ3v) is 5.15. The molecule has 112 valence electrons. The molecule has 1 heterocycles. The number of nitrogens with one attached hydrogen (secondary N) is 1. The first-order valence-corrected chi connectivity index (χ1v) is 8.47. The molecule has 0 aliphatic carbocycles. The quantitative estimate of drug-likeness (QED) is 0.808. The number of hydrogen-bond acceptors (Lipinski definition) is 4. The zero-order valence-electron chi connectivity index (χ0n) is 11.2. The van der Waals surface area contributed by atoms with Crippen molar-refractivity contribution in [1.29, 1.82) is 0 Å². The Balaban J connectivity index is 2.41. The van der Waals surface area contributed by atoms with Gasteiger partial charge in [-0.3, -0.25) is 4.72 Å². The van der Waals surface area contributed by atoms with Gasteiger partial charge in [0.05, 0.1) is 17.3 Å². The second kappa shape index (κ2) is 6.21. The molecule has 21 heavy (non-hydrogen) atoms. The molecule has 0 radical (unpaired) electrons. The molecular weight excluding hydrogens is 380 g/mol. The van der Waals surface area contributed by atoms with Crippen LogP contribution in [0.1, 0.15) is 5.56 Å². The van der Waals surface area contributed by atoms with Crippen LogP contribution in [-0.4, -0.2) is 20.5 Å². The molecule has 0 atom stereocenters. The molecule has 0 aliphatic rings. The van der Waals surface area contributed by atoms with Gasteiger partial charge in [-0.15, -0.1) is 0 Å². The lowest BCUT2D eigenvalue weighted by atomic mass is 10.2. The van der Waals surface area contributed by atoms with Crippen molar-refractivity contribution in [3.63, 3.8) is 0 Å². The van der Waals surface area contributed by atoms with Crippen molar-refractivity contribution in [1.82, 2.24) is 4.98 Å². The standard InChI is InChI=1S/C13H12BrClN2O3S/c1-8-3-4-12(20-2)11(5-8)17-21(18,19)9-6-10(14)13(15)16-7-9/h3-7,17H,1-2H3. The maximum Gasteiger partial charge on any atom is 0.263 e. The van der Waals surface area contributed by atoms with Crippen LogP contribution in [0.3, 0.4) is 0 Å². The number of halogens is 2. The van der Waals surface area contributed by atoms with E-state index in [4.69, 9.17) is 16.3 Å². The van der Waals surface area contributed by atoms with Gasteiger partial charge < -0.3 is 4.74 Å². The van der Waals surface area contributed by atoms with Crippen molar-refractivity contribution in [2.45, 2.75) is 11.8 Å². The van der Waals surface area contributed by atoms with E-state index in [1.807, 2.05) is 13.0 Å². The van der Waals surface area contributed by atoms with Crippen LogP contribution in [0.5, 0.6) is 5.75 Å². The molecule has 1 aromatic heterocycles. The van der Waals surface area contributed by atoms with Crippen LogP contribution in [0.4, 0.5) is 5.69 Å². The number of hydrogen-bond donors (Lipinski definition) is 1. The van der Waals surface area contributed by atoms with Gasteiger partial charge in [0.1, 0.15) is 15.8 Å². The predicted molar refractivity (Wildman–Crippen MR) is 85.5 cm³/mol. The summed E-state index contributed by atoms with van der Waals surface area (Å²) in [4.78, 5) is 3.82. The summed E-state index contributed by atoms with van der Waals surface area (Å²) in [5.41, 5.74) is 1.27. The Hall–Kier alpha value is -1.31. The van der Waals surface area contributed by atoms with E-state index in [2.05, 4.69) is 25.6 Å². The maximum absolute atomic E-state index is 12.4. The van der Waals surface area contributed by atoms with E-state index in [1.165, 1.54) is 19.4 Å². The molecule has 0 bridgehead atoms. The summed E-state index contributed by atoms with van der Waals surface area (Å²) in [6.45, 7) is 1.86. The molecule has 0 saturated carbocycles. The summed E-state index contributed by atoms with van der Waals surface area (Å²) >= 11 is 8.92. The third kappa shape index (κ3) is 3.66. The molecule has 0 unspecified atom stereocenters. The van der Waals surface area contributed by atoms with Gasteiger partial charge in [-0.1, -0.05) is 17.7 Å². The van der Waals surface area contributed by atoms with Gasteiger partial charge in [0, 0.05) is 6.20 Å². The summed E-state index contributed by atoms with van der Waals surface area (Å²) < 4.78 is 32.8. The number of methoxy groups -OCH3 is 1. The summed E-state index contributed by atoms with van der Waals surface area (Å²) in [6.07, 6.45) is 1.19. The van der Waals surface area contributed by atoms with E-state index >= 15 is 0 Å². The molecule has 0 spiro atoms. The lowest BCUT2D eigenvalue weighted by molar-refractivity contribution is 0.417. The topological polar surface area (TPSA) is 68.3 Å². The molecule has 8 heteroatoms. The molecule has 5 nitrogen and oxygen atoms in total. The van der Waals surface area contributed by atoms with Crippen LogP contribution in [0.25, 0.3) is 0 Å². The van der Waals surface area contributed by atoms with Crippen LogP contribution in [0.15, 0.2) is 39.8 Å². The molecule has 1 aromatic carbocycles. The van der Waals surface area contributed by atoms with Gasteiger partial charge in [-0.05, 0) is 46.6 Å². The zero-order chi connectivity index (χ0) is 15.6. The number of pyridine rings is 1. The summed E-state index contributed by atoms with van der Waals surface area (Å²) in [7, 11) is -2.31. The number of rotatable bonds is 4. The maximum atomic E-state index is 12.4. The lowest BCUT2D eigenvalue weighted by Gasteiger charge is -2.12. The first-order valence-electron chi connectivity index (χ1n) is 5.82. The van der Waals surface area contributed by atoms with Gasteiger partial charge in [0.15, 0.2) is 0 Å². The van der Waals surface area contributed by atoms with E-state index in [0.29, 0.717) is 15.9 Å². The number of benzene rings is 1. The predicted octanol–water partition coefficient (Wildman–Crippen LogP) is 3.62. The van der Waals surface area contributed by atoms with E-state index in [9.17, 15) is 8.42 Å². The molecule has 0 saturated heterocycles. The van der Waals surface area contributed by atoms with E-state index in [-0.39, 0.29) is 10.0 Å². The Morgan fingerprint density at radius 3 is 2.67 bits per heavy atom. The highest BCUT2D eigenvalue weighted by Crippen LogP contribution is 2.29. The SMILES string of the molecule is COc1ccc(C)cc1NS(=O)(=O)c1cnc(Cl)c(Br)c1. The Morgan fingerprint density at radius 2 is 2.05 bits per heavy atom. The third-order valence-electron chi connectivity index (χ3n) is 2.68.